The quantitative estimate of drug-likeness (QED) is 0.492. The third-order valence-electron chi connectivity index (χ3n) is 4.63. The highest BCUT2D eigenvalue weighted by Gasteiger charge is 2.18. The van der Waals surface area contributed by atoms with Gasteiger partial charge in [-0.1, -0.05) is 11.6 Å². The Kier molecular flexibility index (Phi) is 3.42. The first-order chi connectivity index (χ1) is 13.1. The van der Waals surface area contributed by atoms with Crippen LogP contribution >= 0.6 is 11.6 Å². The second kappa shape index (κ2) is 5.82. The second-order valence-electron chi connectivity index (χ2n) is 6.27. The van der Waals surface area contributed by atoms with Crippen molar-refractivity contribution in [1.82, 2.24) is 19.5 Å². The molecule has 4 heterocycles. The van der Waals surface area contributed by atoms with E-state index in [9.17, 15) is 4.79 Å². The Morgan fingerprint density at radius 3 is 2.89 bits per heavy atom. The van der Waals surface area contributed by atoms with Crippen LogP contribution in [0, 0.1) is 6.92 Å². The number of aromatic amines is 1. The molecule has 7 heteroatoms. The van der Waals surface area contributed by atoms with E-state index >= 15 is 0 Å². The SMILES string of the molecule is Cc1c(-c2ccnc(-n3ccnc3)c2)c2oc3ccc(Cl)cc3c2[nH]c1=O. The molecule has 0 radical (unpaired) electrons. The number of nitrogens with zero attached hydrogens (tertiary/aromatic N) is 3. The van der Waals surface area contributed by atoms with Gasteiger partial charge in [-0.3, -0.25) is 9.36 Å². The predicted molar refractivity (Wildman–Crippen MR) is 104 cm³/mol. The van der Waals surface area contributed by atoms with Crippen LogP contribution in [0.5, 0.6) is 0 Å². The van der Waals surface area contributed by atoms with Gasteiger partial charge in [-0.15, -0.1) is 0 Å². The van der Waals surface area contributed by atoms with Crippen molar-refractivity contribution >= 4 is 33.7 Å². The van der Waals surface area contributed by atoms with E-state index < -0.39 is 0 Å². The molecule has 0 saturated carbocycles. The number of nitrogens with one attached hydrogen (secondary N) is 1. The maximum atomic E-state index is 12.6. The van der Waals surface area contributed by atoms with Crippen LogP contribution in [0.2, 0.25) is 5.02 Å². The van der Waals surface area contributed by atoms with Gasteiger partial charge in [0.1, 0.15) is 17.7 Å². The van der Waals surface area contributed by atoms with Crippen LogP contribution < -0.4 is 5.56 Å². The van der Waals surface area contributed by atoms with Gasteiger partial charge in [0.25, 0.3) is 5.56 Å². The molecule has 0 saturated heterocycles. The number of halogens is 1. The van der Waals surface area contributed by atoms with Gasteiger partial charge in [-0.2, -0.15) is 0 Å². The lowest BCUT2D eigenvalue weighted by atomic mass is 10.0. The minimum atomic E-state index is -0.166. The van der Waals surface area contributed by atoms with Crippen LogP contribution in [0.15, 0.2) is 64.5 Å². The number of hydrogen-bond donors (Lipinski definition) is 1. The number of aromatic nitrogens is 4. The first-order valence-corrected chi connectivity index (χ1v) is 8.69. The molecule has 0 aliphatic rings. The largest absolute Gasteiger partial charge is 0.454 e. The van der Waals surface area contributed by atoms with Gasteiger partial charge in [0, 0.05) is 40.1 Å². The number of pyridine rings is 2. The molecule has 6 nitrogen and oxygen atoms in total. The van der Waals surface area contributed by atoms with Crippen molar-refractivity contribution in [3.05, 3.63) is 76.2 Å². The normalized spacial score (nSPS) is 11.5. The number of hydrogen-bond acceptors (Lipinski definition) is 4. The summed E-state index contributed by atoms with van der Waals surface area (Å²) in [5.74, 6) is 0.706. The molecule has 0 amide bonds. The first kappa shape index (κ1) is 15.8. The summed E-state index contributed by atoms with van der Waals surface area (Å²) in [5, 5.41) is 1.36. The highest BCUT2D eigenvalue weighted by atomic mass is 35.5. The Labute approximate surface area is 158 Å². The summed E-state index contributed by atoms with van der Waals surface area (Å²) in [5.41, 5.74) is 3.92. The first-order valence-electron chi connectivity index (χ1n) is 8.31. The van der Waals surface area contributed by atoms with E-state index in [4.69, 9.17) is 16.0 Å². The topological polar surface area (TPSA) is 76.7 Å². The van der Waals surface area contributed by atoms with Gasteiger partial charge in [0.05, 0.1) is 5.52 Å². The predicted octanol–water partition coefficient (Wildman–Crippen LogP) is 4.48. The summed E-state index contributed by atoms with van der Waals surface area (Å²) in [6.07, 6.45) is 6.88. The van der Waals surface area contributed by atoms with Crippen molar-refractivity contribution < 1.29 is 4.42 Å². The Balaban J connectivity index is 1.85. The van der Waals surface area contributed by atoms with Crippen LogP contribution in [0.1, 0.15) is 5.56 Å². The van der Waals surface area contributed by atoms with Crippen molar-refractivity contribution in [3.8, 4) is 16.9 Å². The van der Waals surface area contributed by atoms with Crippen molar-refractivity contribution in [2.45, 2.75) is 6.92 Å². The molecule has 0 aliphatic heterocycles. The van der Waals surface area contributed by atoms with E-state index in [1.807, 2.05) is 22.9 Å². The zero-order valence-corrected chi connectivity index (χ0v) is 15.0. The van der Waals surface area contributed by atoms with E-state index in [0.717, 1.165) is 16.5 Å². The van der Waals surface area contributed by atoms with E-state index in [1.54, 1.807) is 43.8 Å². The van der Waals surface area contributed by atoms with E-state index in [-0.39, 0.29) is 5.56 Å². The van der Waals surface area contributed by atoms with Crippen LogP contribution in [-0.2, 0) is 0 Å². The molecular weight excluding hydrogens is 364 g/mol. The number of imidazole rings is 1. The molecule has 0 unspecified atom stereocenters. The highest BCUT2D eigenvalue weighted by Crippen LogP contribution is 2.36. The molecule has 1 aromatic carbocycles. The third-order valence-corrected chi connectivity index (χ3v) is 4.87. The maximum absolute atomic E-state index is 12.6. The Morgan fingerprint density at radius 1 is 1.19 bits per heavy atom. The van der Waals surface area contributed by atoms with Crippen LogP contribution in [0.4, 0.5) is 0 Å². The number of furan rings is 1. The third kappa shape index (κ3) is 2.45. The molecule has 5 rings (SSSR count). The van der Waals surface area contributed by atoms with Gasteiger partial charge >= 0.3 is 0 Å². The fraction of sp³-hybridized carbons (Fsp3) is 0.0500. The number of rotatable bonds is 2. The minimum Gasteiger partial charge on any atom is -0.454 e. The number of fused-ring (bicyclic) bond motifs is 3. The summed E-state index contributed by atoms with van der Waals surface area (Å²) in [6.45, 7) is 1.78. The molecule has 0 bridgehead atoms. The zero-order chi connectivity index (χ0) is 18.5. The molecular formula is C20H13ClN4O2. The molecule has 1 N–H and O–H groups in total. The molecule has 0 aliphatic carbocycles. The van der Waals surface area contributed by atoms with Crippen molar-refractivity contribution in [2.75, 3.05) is 0 Å². The molecule has 5 aromatic rings. The lowest BCUT2D eigenvalue weighted by molar-refractivity contribution is 0.668. The van der Waals surface area contributed by atoms with Crippen LogP contribution in [-0.4, -0.2) is 19.5 Å². The van der Waals surface area contributed by atoms with Crippen LogP contribution in [0.3, 0.4) is 0 Å². The van der Waals surface area contributed by atoms with Gasteiger partial charge in [0.15, 0.2) is 5.58 Å². The van der Waals surface area contributed by atoms with Crippen molar-refractivity contribution in [3.63, 3.8) is 0 Å². The summed E-state index contributed by atoms with van der Waals surface area (Å²) in [7, 11) is 0. The van der Waals surface area contributed by atoms with Gasteiger partial charge in [0.2, 0.25) is 0 Å². The molecule has 4 aromatic heterocycles. The van der Waals surface area contributed by atoms with E-state index in [0.29, 0.717) is 33.1 Å². The Hall–Kier alpha value is -3.38. The average molecular weight is 377 g/mol. The van der Waals surface area contributed by atoms with Crippen LogP contribution in [0.25, 0.3) is 39.0 Å². The molecule has 0 spiro atoms. The fourth-order valence-electron chi connectivity index (χ4n) is 3.32. The van der Waals surface area contributed by atoms with E-state index in [1.165, 1.54) is 0 Å². The van der Waals surface area contributed by atoms with Gasteiger partial charge in [-0.25, -0.2) is 9.97 Å². The number of benzene rings is 1. The van der Waals surface area contributed by atoms with Gasteiger partial charge in [-0.05, 0) is 42.8 Å². The molecule has 132 valence electrons. The highest BCUT2D eigenvalue weighted by molar-refractivity contribution is 6.31. The Morgan fingerprint density at radius 2 is 2.07 bits per heavy atom. The summed E-state index contributed by atoms with van der Waals surface area (Å²) in [6, 6.07) is 9.13. The minimum absolute atomic E-state index is 0.166. The summed E-state index contributed by atoms with van der Waals surface area (Å²) < 4.78 is 7.90. The van der Waals surface area contributed by atoms with Crippen molar-refractivity contribution in [2.24, 2.45) is 0 Å². The average Bonchev–Trinajstić information content (AvgIpc) is 3.31. The summed E-state index contributed by atoms with van der Waals surface area (Å²) >= 11 is 6.13. The summed E-state index contributed by atoms with van der Waals surface area (Å²) in [4.78, 5) is 24.0. The smallest absolute Gasteiger partial charge is 0.252 e. The molecule has 27 heavy (non-hydrogen) atoms. The standard InChI is InChI=1S/C20H13ClN4O2/c1-11-17(12-4-5-23-16(8-12)25-7-6-22-10-25)19-18(24-20(11)26)14-9-13(21)2-3-15(14)27-19/h2-10H,1H3,(H,24,26). The molecule has 0 atom stereocenters. The Bertz CT molecular complexity index is 1370. The fourth-order valence-corrected chi connectivity index (χ4v) is 3.49. The maximum Gasteiger partial charge on any atom is 0.252 e. The lowest BCUT2D eigenvalue weighted by Gasteiger charge is -2.08. The zero-order valence-electron chi connectivity index (χ0n) is 14.2. The number of H-pyrrole nitrogens is 1. The lowest BCUT2D eigenvalue weighted by Crippen LogP contribution is -2.10. The van der Waals surface area contributed by atoms with E-state index in [2.05, 4.69) is 15.0 Å². The van der Waals surface area contributed by atoms with Crippen molar-refractivity contribution in [1.29, 1.82) is 0 Å². The van der Waals surface area contributed by atoms with Gasteiger partial charge < -0.3 is 9.40 Å². The molecule has 0 fully saturated rings. The second-order valence-corrected chi connectivity index (χ2v) is 6.71. The monoisotopic (exact) mass is 376 g/mol.